The lowest BCUT2D eigenvalue weighted by atomic mass is 9.99. The Morgan fingerprint density at radius 3 is 2.75 bits per heavy atom. The molecule has 0 aliphatic rings. The molecular formula is C15H14BrClFNO. The smallest absolute Gasteiger partial charge is 0.126 e. The topological polar surface area (TPSA) is 35.2 Å². The van der Waals surface area contributed by atoms with Crippen molar-refractivity contribution in [2.45, 2.75) is 12.5 Å². The molecule has 0 aliphatic carbocycles. The van der Waals surface area contributed by atoms with E-state index in [2.05, 4.69) is 15.9 Å². The van der Waals surface area contributed by atoms with Crippen LogP contribution in [-0.2, 0) is 6.42 Å². The van der Waals surface area contributed by atoms with Gasteiger partial charge in [-0.05, 0) is 53.9 Å². The summed E-state index contributed by atoms with van der Waals surface area (Å²) >= 11 is 9.34. The van der Waals surface area contributed by atoms with Gasteiger partial charge in [0.15, 0.2) is 0 Å². The second-order valence-electron chi connectivity index (χ2n) is 4.43. The van der Waals surface area contributed by atoms with Crippen molar-refractivity contribution in [3.63, 3.8) is 0 Å². The molecule has 20 heavy (non-hydrogen) atoms. The lowest BCUT2D eigenvalue weighted by Gasteiger charge is -2.16. The fourth-order valence-electron chi connectivity index (χ4n) is 1.98. The molecule has 1 atom stereocenters. The lowest BCUT2D eigenvalue weighted by Crippen LogP contribution is -2.15. The summed E-state index contributed by atoms with van der Waals surface area (Å²) in [6, 6.07) is 9.66. The highest BCUT2D eigenvalue weighted by atomic mass is 79.9. The predicted octanol–water partition coefficient (Wildman–Crippen LogP) is 4.49. The van der Waals surface area contributed by atoms with E-state index in [0.717, 1.165) is 10.0 Å². The summed E-state index contributed by atoms with van der Waals surface area (Å²) < 4.78 is 19.8. The van der Waals surface area contributed by atoms with Gasteiger partial charge in [0, 0.05) is 15.5 Å². The standard InChI is InChI=1S/C15H14BrClFNO/c1-20-11-3-4-13(16)12(8-11)15(19)7-9-6-10(17)2-5-14(9)18/h2-6,8,15H,7,19H2,1H3. The van der Waals surface area contributed by atoms with E-state index in [1.807, 2.05) is 18.2 Å². The highest BCUT2D eigenvalue weighted by Gasteiger charge is 2.14. The molecule has 0 aliphatic heterocycles. The molecule has 2 rings (SSSR count). The quantitative estimate of drug-likeness (QED) is 0.874. The van der Waals surface area contributed by atoms with Gasteiger partial charge >= 0.3 is 0 Å². The summed E-state index contributed by atoms with van der Waals surface area (Å²) in [4.78, 5) is 0. The lowest BCUT2D eigenvalue weighted by molar-refractivity contribution is 0.413. The summed E-state index contributed by atoms with van der Waals surface area (Å²) in [5, 5.41) is 0.498. The number of ether oxygens (including phenoxy) is 1. The van der Waals surface area contributed by atoms with Crippen molar-refractivity contribution in [2.75, 3.05) is 7.11 Å². The molecule has 0 radical (unpaired) electrons. The Bertz CT molecular complexity index is 621. The van der Waals surface area contributed by atoms with Crippen LogP contribution < -0.4 is 10.5 Å². The minimum absolute atomic E-state index is 0.302. The molecule has 2 aromatic carbocycles. The monoisotopic (exact) mass is 357 g/mol. The molecule has 106 valence electrons. The Hall–Kier alpha value is -1.10. The maximum Gasteiger partial charge on any atom is 0.126 e. The Balaban J connectivity index is 2.27. The maximum atomic E-state index is 13.7. The van der Waals surface area contributed by atoms with Crippen LogP contribution in [-0.4, -0.2) is 7.11 Å². The van der Waals surface area contributed by atoms with Crippen molar-refractivity contribution in [1.82, 2.24) is 0 Å². The third kappa shape index (κ3) is 3.51. The second-order valence-corrected chi connectivity index (χ2v) is 5.72. The molecule has 2 N–H and O–H groups in total. The second kappa shape index (κ2) is 6.57. The van der Waals surface area contributed by atoms with Crippen LogP contribution in [0.4, 0.5) is 4.39 Å². The SMILES string of the molecule is COc1ccc(Br)c(C(N)Cc2cc(Cl)ccc2F)c1. The molecule has 5 heteroatoms. The Labute approximate surface area is 130 Å². The van der Waals surface area contributed by atoms with Crippen LogP contribution in [0.15, 0.2) is 40.9 Å². The zero-order valence-corrected chi connectivity index (χ0v) is 13.2. The number of hydrogen-bond acceptors (Lipinski definition) is 2. The highest BCUT2D eigenvalue weighted by molar-refractivity contribution is 9.10. The van der Waals surface area contributed by atoms with Crippen LogP contribution in [0, 0.1) is 5.82 Å². The van der Waals surface area contributed by atoms with E-state index >= 15 is 0 Å². The number of benzene rings is 2. The average molecular weight is 359 g/mol. The van der Waals surface area contributed by atoms with Gasteiger partial charge in [-0.2, -0.15) is 0 Å². The number of methoxy groups -OCH3 is 1. The van der Waals surface area contributed by atoms with Crippen molar-refractivity contribution < 1.29 is 9.13 Å². The minimum Gasteiger partial charge on any atom is -0.497 e. The van der Waals surface area contributed by atoms with Gasteiger partial charge in [0.05, 0.1) is 7.11 Å². The fraction of sp³-hybridized carbons (Fsp3) is 0.200. The number of nitrogens with two attached hydrogens (primary N) is 1. The van der Waals surface area contributed by atoms with Gasteiger partial charge in [0.25, 0.3) is 0 Å². The van der Waals surface area contributed by atoms with Gasteiger partial charge in [0.1, 0.15) is 11.6 Å². The van der Waals surface area contributed by atoms with Crippen LogP contribution in [0.5, 0.6) is 5.75 Å². The Morgan fingerprint density at radius 1 is 1.30 bits per heavy atom. The minimum atomic E-state index is -0.354. The van der Waals surface area contributed by atoms with Gasteiger partial charge in [-0.1, -0.05) is 27.5 Å². The van der Waals surface area contributed by atoms with Gasteiger partial charge in [-0.25, -0.2) is 4.39 Å². The first kappa shape index (κ1) is 15.3. The molecule has 0 bridgehead atoms. The summed E-state index contributed by atoms with van der Waals surface area (Å²) in [6.45, 7) is 0. The molecule has 0 spiro atoms. The zero-order valence-electron chi connectivity index (χ0n) is 10.9. The number of halogens is 3. The van der Waals surface area contributed by atoms with Crippen LogP contribution >= 0.6 is 27.5 Å². The van der Waals surface area contributed by atoms with Gasteiger partial charge in [-0.3, -0.25) is 0 Å². The fourth-order valence-corrected chi connectivity index (χ4v) is 2.71. The van der Waals surface area contributed by atoms with Crippen molar-refractivity contribution in [3.05, 3.63) is 62.8 Å². The first-order chi connectivity index (χ1) is 9.51. The van der Waals surface area contributed by atoms with Gasteiger partial charge in [0.2, 0.25) is 0 Å². The molecule has 0 amide bonds. The zero-order chi connectivity index (χ0) is 14.7. The van der Waals surface area contributed by atoms with Crippen LogP contribution in [0.25, 0.3) is 0 Å². The van der Waals surface area contributed by atoms with E-state index in [0.29, 0.717) is 22.8 Å². The molecule has 2 nitrogen and oxygen atoms in total. The van der Waals surface area contributed by atoms with Gasteiger partial charge in [-0.15, -0.1) is 0 Å². The van der Waals surface area contributed by atoms with E-state index in [9.17, 15) is 4.39 Å². The van der Waals surface area contributed by atoms with Crippen LogP contribution in [0.1, 0.15) is 17.2 Å². The largest absolute Gasteiger partial charge is 0.497 e. The summed E-state index contributed by atoms with van der Waals surface area (Å²) in [7, 11) is 1.59. The number of rotatable bonds is 4. The molecule has 0 heterocycles. The maximum absolute atomic E-state index is 13.7. The normalized spacial score (nSPS) is 12.2. The first-order valence-corrected chi connectivity index (χ1v) is 7.21. The molecule has 0 aromatic heterocycles. The summed E-state index contributed by atoms with van der Waals surface area (Å²) in [6.07, 6.45) is 0.359. The average Bonchev–Trinajstić information content (AvgIpc) is 2.43. The van der Waals surface area contributed by atoms with Crippen LogP contribution in [0.3, 0.4) is 0 Å². The van der Waals surface area contributed by atoms with Crippen LogP contribution in [0.2, 0.25) is 5.02 Å². The van der Waals surface area contributed by atoms with E-state index in [4.69, 9.17) is 22.1 Å². The van der Waals surface area contributed by atoms with Crippen molar-refractivity contribution in [3.8, 4) is 5.75 Å². The van der Waals surface area contributed by atoms with E-state index in [-0.39, 0.29) is 11.9 Å². The van der Waals surface area contributed by atoms with Crippen molar-refractivity contribution >= 4 is 27.5 Å². The summed E-state index contributed by atoms with van der Waals surface area (Å²) in [5.41, 5.74) is 7.54. The van der Waals surface area contributed by atoms with E-state index in [1.165, 1.54) is 12.1 Å². The summed E-state index contributed by atoms with van der Waals surface area (Å²) in [5.74, 6) is 0.411. The predicted molar refractivity (Wildman–Crippen MR) is 82.7 cm³/mol. The molecule has 2 aromatic rings. The first-order valence-electron chi connectivity index (χ1n) is 6.04. The van der Waals surface area contributed by atoms with Crippen molar-refractivity contribution in [1.29, 1.82) is 0 Å². The highest BCUT2D eigenvalue weighted by Crippen LogP contribution is 2.29. The number of hydrogen-bond donors (Lipinski definition) is 1. The molecule has 0 saturated carbocycles. The van der Waals surface area contributed by atoms with E-state index < -0.39 is 0 Å². The van der Waals surface area contributed by atoms with E-state index in [1.54, 1.807) is 13.2 Å². The molecule has 1 unspecified atom stereocenters. The molecule has 0 saturated heterocycles. The van der Waals surface area contributed by atoms with Crippen molar-refractivity contribution in [2.24, 2.45) is 5.73 Å². The Morgan fingerprint density at radius 2 is 2.05 bits per heavy atom. The van der Waals surface area contributed by atoms with Gasteiger partial charge < -0.3 is 10.5 Å². The third-order valence-electron chi connectivity index (χ3n) is 3.05. The Kier molecular flexibility index (Phi) is 5.02. The molecule has 0 fully saturated rings. The molecular weight excluding hydrogens is 345 g/mol. The third-order valence-corrected chi connectivity index (χ3v) is 4.01.